The highest BCUT2D eigenvalue weighted by atomic mass is 16.4. The molecule has 4 atom stereocenters. The van der Waals surface area contributed by atoms with Crippen LogP contribution in [0, 0.1) is 17.8 Å². The van der Waals surface area contributed by atoms with Crippen LogP contribution in [0.15, 0.2) is 0 Å². The number of amides is 3. The zero-order valence-electron chi connectivity index (χ0n) is 17.0. The highest BCUT2D eigenvalue weighted by Gasteiger charge is 2.33. The number of rotatable bonds is 11. The molecule has 156 valence electrons. The van der Waals surface area contributed by atoms with Crippen molar-refractivity contribution < 1.29 is 24.3 Å². The van der Waals surface area contributed by atoms with Crippen LogP contribution in [0.5, 0.6) is 0 Å². The Hall–Kier alpha value is -2.16. The third kappa shape index (κ3) is 7.94. The maximum Gasteiger partial charge on any atom is 0.326 e. The maximum absolute atomic E-state index is 12.6. The Kier molecular flexibility index (Phi) is 10.6. The molecule has 0 aliphatic rings. The molecule has 0 heterocycles. The summed E-state index contributed by atoms with van der Waals surface area (Å²) in [6.07, 6.45) is 0.580. The summed E-state index contributed by atoms with van der Waals surface area (Å²) in [6, 6.07) is -2.82. The van der Waals surface area contributed by atoms with E-state index >= 15 is 0 Å². The molecule has 0 rings (SSSR count). The SMILES string of the molecule is CCC(C)C(NC(=O)C(NC(=O)C(NC(=O)CN)C(C)C)C(C)C)C(=O)O. The van der Waals surface area contributed by atoms with Gasteiger partial charge in [0.05, 0.1) is 6.54 Å². The summed E-state index contributed by atoms with van der Waals surface area (Å²) in [4.78, 5) is 48.2. The van der Waals surface area contributed by atoms with Crippen LogP contribution in [0.4, 0.5) is 0 Å². The van der Waals surface area contributed by atoms with Gasteiger partial charge in [-0.2, -0.15) is 0 Å². The molecule has 9 nitrogen and oxygen atoms in total. The summed E-state index contributed by atoms with van der Waals surface area (Å²) < 4.78 is 0. The number of hydrogen-bond acceptors (Lipinski definition) is 5. The van der Waals surface area contributed by atoms with E-state index in [1.807, 2.05) is 6.92 Å². The number of nitrogens with one attached hydrogen (secondary N) is 3. The van der Waals surface area contributed by atoms with Crippen molar-refractivity contribution in [3.8, 4) is 0 Å². The fourth-order valence-corrected chi connectivity index (χ4v) is 2.47. The summed E-state index contributed by atoms with van der Waals surface area (Å²) in [7, 11) is 0. The number of carboxylic acid groups (broad SMARTS) is 1. The Labute approximate surface area is 160 Å². The van der Waals surface area contributed by atoms with E-state index in [0.29, 0.717) is 6.42 Å². The summed E-state index contributed by atoms with van der Waals surface area (Å²) in [5, 5.41) is 17.0. The van der Waals surface area contributed by atoms with Gasteiger partial charge >= 0.3 is 5.97 Å². The fraction of sp³-hybridized carbons (Fsp3) is 0.778. The van der Waals surface area contributed by atoms with Gasteiger partial charge in [-0.05, 0) is 17.8 Å². The summed E-state index contributed by atoms with van der Waals surface area (Å²) in [5.74, 6) is -3.45. The minimum absolute atomic E-state index is 0.219. The Morgan fingerprint density at radius 1 is 0.815 bits per heavy atom. The highest BCUT2D eigenvalue weighted by molar-refractivity contribution is 5.93. The lowest BCUT2D eigenvalue weighted by molar-refractivity contribution is -0.144. The van der Waals surface area contributed by atoms with E-state index < -0.39 is 41.8 Å². The number of carbonyl (C=O) groups is 4. The van der Waals surface area contributed by atoms with Crippen LogP contribution in [0.2, 0.25) is 0 Å². The quantitative estimate of drug-likeness (QED) is 0.333. The van der Waals surface area contributed by atoms with E-state index in [1.165, 1.54) is 0 Å². The number of carbonyl (C=O) groups excluding carboxylic acids is 3. The van der Waals surface area contributed by atoms with Crippen LogP contribution in [-0.4, -0.2) is 53.5 Å². The minimum Gasteiger partial charge on any atom is -0.480 e. The molecule has 0 aliphatic carbocycles. The molecule has 0 radical (unpaired) electrons. The van der Waals surface area contributed by atoms with E-state index in [9.17, 15) is 24.3 Å². The van der Waals surface area contributed by atoms with Gasteiger partial charge in [0.25, 0.3) is 0 Å². The van der Waals surface area contributed by atoms with E-state index in [1.54, 1.807) is 34.6 Å². The molecular formula is C18H34N4O5. The zero-order chi connectivity index (χ0) is 21.3. The second-order valence-electron chi connectivity index (χ2n) is 7.43. The first-order chi connectivity index (χ1) is 12.5. The molecule has 0 aromatic heterocycles. The molecular weight excluding hydrogens is 352 g/mol. The molecule has 0 aliphatic heterocycles. The summed E-state index contributed by atoms with van der Waals surface area (Å²) in [6.45, 7) is 10.3. The van der Waals surface area contributed by atoms with Gasteiger partial charge in [0, 0.05) is 0 Å². The van der Waals surface area contributed by atoms with Gasteiger partial charge in [-0.1, -0.05) is 48.0 Å². The second kappa shape index (κ2) is 11.5. The van der Waals surface area contributed by atoms with Gasteiger partial charge < -0.3 is 26.8 Å². The first kappa shape index (κ1) is 24.8. The topological polar surface area (TPSA) is 151 Å². The Morgan fingerprint density at radius 2 is 1.22 bits per heavy atom. The molecule has 0 spiro atoms. The Balaban J connectivity index is 5.30. The van der Waals surface area contributed by atoms with Crippen LogP contribution in [-0.2, 0) is 19.2 Å². The minimum atomic E-state index is -1.12. The van der Waals surface area contributed by atoms with Crippen molar-refractivity contribution in [3.63, 3.8) is 0 Å². The molecule has 9 heteroatoms. The van der Waals surface area contributed by atoms with Gasteiger partial charge in [-0.25, -0.2) is 4.79 Å². The molecule has 6 N–H and O–H groups in total. The van der Waals surface area contributed by atoms with Crippen molar-refractivity contribution in [2.75, 3.05) is 6.54 Å². The highest BCUT2D eigenvalue weighted by Crippen LogP contribution is 2.11. The van der Waals surface area contributed by atoms with Crippen molar-refractivity contribution in [2.24, 2.45) is 23.5 Å². The van der Waals surface area contributed by atoms with Crippen LogP contribution in [0.25, 0.3) is 0 Å². The van der Waals surface area contributed by atoms with Crippen LogP contribution in [0.3, 0.4) is 0 Å². The average Bonchev–Trinajstić information content (AvgIpc) is 2.59. The number of hydrogen-bond donors (Lipinski definition) is 5. The molecule has 0 bridgehead atoms. The number of carboxylic acids is 1. The lowest BCUT2D eigenvalue weighted by Gasteiger charge is -2.29. The molecule has 27 heavy (non-hydrogen) atoms. The lowest BCUT2D eigenvalue weighted by atomic mass is 9.96. The fourth-order valence-electron chi connectivity index (χ4n) is 2.47. The third-order valence-electron chi connectivity index (χ3n) is 4.47. The molecule has 3 amide bonds. The molecule has 0 fully saturated rings. The van der Waals surface area contributed by atoms with Gasteiger partial charge in [0.2, 0.25) is 17.7 Å². The third-order valence-corrected chi connectivity index (χ3v) is 4.47. The molecule has 0 saturated heterocycles. The molecule has 0 aromatic carbocycles. The predicted octanol–water partition coefficient (Wildman–Crippen LogP) is -0.158. The van der Waals surface area contributed by atoms with E-state index in [-0.39, 0.29) is 24.3 Å². The molecule has 0 saturated carbocycles. The monoisotopic (exact) mass is 386 g/mol. The second-order valence-corrected chi connectivity index (χ2v) is 7.43. The Bertz CT molecular complexity index is 536. The Morgan fingerprint density at radius 3 is 1.56 bits per heavy atom. The molecule has 4 unspecified atom stereocenters. The van der Waals surface area contributed by atoms with Crippen molar-refractivity contribution in [2.45, 2.75) is 66.1 Å². The summed E-state index contributed by atoms with van der Waals surface area (Å²) >= 11 is 0. The van der Waals surface area contributed by atoms with Crippen LogP contribution in [0.1, 0.15) is 48.0 Å². The maximum atomic E-state index is 12.6. The first-order valence-corrected chi connectivity index (χ1v) is 9.29. The van der Waals surface area contributed by atoms with Crippen LogP contribution >= 0.6 is 0 Å². The lowest BCUT2D eigenvalue weighted by Crippen LogP contribution is -2.59. The van der Waals surface area contributed by atoms with E-state index in [2.05, 4.69) is 16.0 Å². The largest absolute Gasteiger partial charge is 0.480 e. The van der Waals surface area contributed by atoms with E-state index in [0.717, 1.165) is 0 Å². The van der Waals surface area contributed by atoms with Gasteiger partial charge in [-0.15, -0.1) is 0 Å². The average molecular weight is 386 g/mol. The predicted molar refractivity (Wildman–Crippen MR) is 102 cm³/mol. The normalized spacial score (nSPS) is 15.6. The van der Waals surface area contributed by atoms with Crippen molar-refractivity contribution in [3.05, 3.63) is 0 Å². The zero-order valence-corrected chi connectivity index (χ0v) is 17.0. The van der Waals surface area contributed by atoms with E-state index in [4.69, 9.17) is 5.73 Å². The first-order valence-electron chi connectivity index (χ1n) is 9.29. The van der Waals surface area contributed by atoms with Gasteiger partial charge in [0.1, 0.15) is 18.1 Å². The van der Waals surface area contributed by atoms with Gasteiger partial charge in [-0.3, -0.25) is 14.4 Å². The van der Waals surface area contributed by atoms with Crippen molar-refractivity contribution in [1.29, 1.82) is 0 Å². The van der Waals surface area contributed by atoms with Crippen molar-refractivity contribution >= 4 is 23.7 Å². The van der Waals surface area contributed by atoms with Crippen molar-refractivity contribution in [1.82, 2.24) is 16.0 Å². The standard InChI is InChI=1S/C18H34N4O5/c1-7-11(6)15(18(26)27)22-17(25)14(10(4)5)21-16(24)13(9(2)3)20-12(23)8-19/h9-11,13-15H,7-8,19H2,1-6H3,(H,20,23)(H,21,24)(H,22,25)(H,26,27). The number of aliphatic carboxylic acids is 1. The smallest absolute Gasteiger partial charge is 0.326 e. The molecule has 0 aromatic rings. The number of nitrogens with two attached hydrogens (primary N) is 1. The van der Waals surface area contributed by atoms with Gasteiger partial charge in [0.15, 0.2) is 0 Å². The van der Waals surface area contributed by atoms with Crippen LogP contribution < -0.4 is 21.7 Å². The summed E-state index contributed by atoms with van der Waals surface area (Å²) in [5.41, 5.74) is 5.28.